The Bertz CT molecular complexity index is 1380. The first-order valence-electron chi connectivity index (χ1n) is 12.0. The number of hydrogen-bond donors (Lipinski definition) is 3. The van der Waals surface area contributed by atoms with Crippen molar-refractivity contribution in [3.8, 4) is 5.75 Å². The standard InChI is InChI=1S/C26H26ClF3N4O3/c1-13(23-22(37-26(29)30)7-6-20(28)24(23)27)18-10-32-25-17(18)8-14(9-31-25)19-11-33-34(21(19)12-35)15-2-4-16(36)5-3-15/h6-11,13,16,21,26,35-36H,2-5,12H2,1H3,(H,31,32)/t13-,16?,21?/m0/s1. The van der Waals surface area contributed by atoms with Crippen LogP contribution in [0.5, 0.6) is 5.75 Å². The zero-order chi connectivity index (χ0) is 26.3. The van der Waals surface area contributed by atoms with E-state index in [1.54, 1.807) is 25.5 Å². The maximum atomic E-state index is 14.3. The molecule has 11 heteroatoms. The first kappa shape index (κ1) is 25.6. The van der Waals surface area contributed by atoms with Gasteiger partial charge >= 0.3 is 6.61 Å². The van der Waals surface area contributed by atoms with Gasteiger partial charge in [0.25, 0.3) is 0 Å². The lowest BCUT2D eigenvalue weighted by Gasteiger charge is -2.23. The number of fused-ring (bicyclic) bond motifs is 1. The van der Waals surface area contributed by atoms with E-state index in [1.165, 1.54) is 0 Å². The van der Waals surface area contributed by atoms with Crippen molar-refractivity contribution in [3.63, 3.8) is 0 Å². The quantitative estimate of drug-likeness (QED) is 0.364. The molecule has 0 bridgehead atoms. The molecule has 0 saturated heterocycles. The molecule has 3 heterocycles. The van der Waals surface area contributed by atoms with E-state index >= 15 is 0 Å². The normalized spacial score (nSPS) is 20.9. The van der Waals surface area contributed by atoms with Crippen LogP contribution in [0, 0.1) is 5.82 Å². The molecule has 2 aliphatic rings. The van der Waals surface area contributed by atoms with E-state index in [0.717, 1.165) is 29.0 Å². The minimum absolute atomic E-state index is 0.110. The second-order valence-corrected chi connectivity index (χ2v) is 9.66. The summed E-state index contributed by atoms with van der Waals surface area (Å²) in [6.45, 7) is -1.53. The zero-order valence-electron chi connectivity index (χ0n) is 20.0. The van der Waals surface area contributed by atoms with E-state index in [9.17, 15) is 23.4 Å². The van der Waals surface area contributed by atoms with Gasteiger partial charge in [-0.1, -0.05) is 18.5 Å². The summed E-state index contributed by atoms with van der Waals surface area (Å²) >= 11 is 6.22. The predicted octanol–water partition coefficient (Wildman–Crippen LogP) is 5.50. The highest BCUT2D eigenvalue weighted by Crippen LogP contribution is 2.42. The van der Waals surface area contributed by atoms with Crippen LogP contribution in [-0.4, -0.2) is 55.9 Å². The molecule has 1 aromatic carbocycles. The number of halogens is 4. The highest BCUT2D eigenvalue weighted by molar-refractivity contribution is 6.31. The number of alkyl halides is 2. The summed E-state index contributed by atoms with van der Waals surface area (Å²) in [7, 11) is 0. The number of hydrogen-bond acceptors (Lipinski definition) is 4. The third-order valence-electron chi connectivity index (χ3n) is 7.11. The summed E-state index contributed by atoms with van der Waals surface area (Å²) in [5.41, 5.74) is 8.44. The van der Waals surface area contributed by atoms with E-state index in [2.05, 4.69) is 20.1 Å². The third-order valence-corrected chi connectivity index (χ3v) is 7.49. The Labute approximate surface area is 216 Å². The molecule has 1 fully saturated rings. The van der Waals surface area contributed by atoms with Crippen LogP contribution < -0.4 is 4.74 Å². The fourth-order valence-electron chi connectivity index (χ4n) is 5.18. The molecule has 1 aliphatic carbocycles. The van der Waals surface area contributed by atoms with Crippen LogP contribution in [0.1, 0.15) is 55.2 Å². The first-order valence-corrected chi connectivity index (χ1v) is 12.4. The largest absolute Gasteiger partial charge is 0.434 e. The van der Waals surface area contributed by atoms with Crippen molar-refractivity contribution in [1.29, 1.82) is 0 Å². The number of aliphatic hydroxyl groups excluding tert-OH is 2. The van der Waals surface area contributed by atoms with Crippen molar-refractivity contribution in [2.75, 3.05) is 6.61 Å². The Balaban J connectivity index is 1.52. The van der Waals surface area contributed by atoms with Crippen molar-refractivity contribution >= 4 is 33.9 Å². The van der Waals surface area contributed by atoms with E-state index in [-0.39, 0.29) is 29.0 Å². The van der Waals surface area contributed by atoms with Crippen LogP contribution in [0.4, 0.5) is 13.2 Å². The van der Waals surface area contributed by atoms with Gasteiger partial charge in [0.15, 0.2) is 6.04 Å². The van der Waals surface area contributed by atoms with Gasteiger partial charge in [0, 0.05) is 53.2 Å². The average molecular weight is 535 g/mol. The average Bonchev–Trinajstić information content (AvgIpc) is 3.50. The van der Waals surface area contributed by atoms with Crippen LogP contribution in [0.25, 0.3) is 22.0 Å². The summed E-state index contributed by atoms with van der Waals surface area (Å²) in [6.07, 6.45) is 7.48. The minimum Gasteiger partial charge on any atom is -0.434 e. The summed E-state index contributed by atoms with van der Waals surface area (Å²) in [6, 6.07) is 3.62. The molecule has 37 heavy (non-hydrogen) atoms. The molecule has 7 nitrogen and oxygen atoms in total. The van der Waals surface area contributed by atoms with Gasteiger partial charge in [-0.05, 0) is 36.6 Å². The molecular formula is C26H26ClF3N4O3. The first-order chi connectivity index (χ1) is 17.8. The number of benzene rings is 1. The third kappa shape index (κ3) is 4.81. The molecule has 1 unspecified atom stereocenters. The predicted molar refractivity (Wildman–Crippen MR) is 134 cm³/mol. The SMILES string of the molecule is C[C@H](c1c(OC(F)F)ccc(F)c1Cl)c1c[nH]c2ncc(C3=C[N-][N+](=C4CCC(O)CC4)C3CO)cc12. The topological polar surface area (TPSA) is 95.5 Å². The summed E-state index contributed by atoms with van der Waals surface area (Å²) in [5.74, 6) is -1.55. The van der Waals surface area contributed by atoms with Gasteiger partial charge in [-0.2, -0.15) is 8.78 Å². The van der Waals surface area contributed by atoms with E-state index in [0.29, 0.717) is 42.3 Å². The van der Waals surface area contributed by atoms with Crippen LogP contribution >= 0.6 is 11.6 Å². The number of aliphatic hydroxyl groups is 2. The van der Waals surface area contributed by atoms with E-state index in [1.807, 2.05) is 10.8 Å². The van der Waals surface area contributed by atoms with Gasteiger partial charge in [0.05, 0.1) is 11.1 Å². The number of pyridine rings is 1. The second-order valence-electron chi connectivity index (χ2n) is 9.28. The summed E-state index contributed by atoms with van der Waals surface area (Å²) in [5, 5.41) is 20.5. The van der Waals surface area contributed by atoms with Crippen LogP contribution in [0.15, 0.2) is 36.8 Å². The summed E-state index contributed by atoms with van der Waals surface area (Å²) < 4.78 is 46.9. The molecule has 5 rings (SSSR count). The molecule has 1 aliphatic heterocycles. The van der Waals surface area contributed by atoms with Crippen LogP contribution in [0.2, 0.25) is 5.02 Å². The minimum atomic E-state index is -3.09. The lowest BCUT2D eigenvalue weighted by atomic mass is 9.91. The zero-order valence-corrected chi connectivity index (χ0v) is 20.7. The second kappa shape index (κ2) is 10.4. The number of aromatic amines is 1. The van der Waals surface area contributed by atoms with Crippen molar-refractivity contribution in [3.05, 3.63) is 69.7 Å². The van der Waals surface area contributed by atoms with Crippen molar-refractivity contribution < 1.29 is 32.8 Å². The molecule has 0 spiro atoms. The van der Waals surface area contributed by atoms with Crippen LogP contribution in [0.3, 0.4) is 0 Å². The van der Waals surface area contributed by atoms with Crippen molar-refractivity contribution in [1.82, 2.24) is 9.97 Å². The maximum Gasteiger partial charge on any atom is 0.387 e. The van der Waals surface area contributed by atoms with Gasteiger partial charge in [-0.15, -0.1) is 6.20 Å². The van der Waals surface area contributed by atoms with Gasteiger partial charge < -0.3 is 25.4 Å². The van der Waals surface area contributed by atoms with Crippen LogP contribution in [-0.2, 0) is 0 Å². The van der Waals surface area contributed by atoms with Crippen molar-refractivity contribution in [2.45, 2.75) is 57.3 Å². The van der Waals surface area contributed by atoms with Crippen molar-refractivity contribution in [2.24, 2.45) is 0 Å². The molecule has 0 amide bonds. The Hall–Kier alpha value is -3.08. The summed E-state index contributed by atoms with van der Waals surface area (Å²) in [4.78, 5) is 7.59. The fourth-order valence-corrected chi connectivity index (χ4v) is 5.50. The van der Waals surface area contributed by atoms with Gasteiger partial charge in [-0.3, -0.25) is 4.68 Å². The van der Waals surface area contributed by atoms with Gasteiger partial charge in [0.2, 0.25) is 0 Å². The number of rotatable bonds is 6. The Morgan fingerprint density at radius 1 is 1.30 bits per heavy atom. The smallest absolute Gasteiger partial charge is 0.387 e. The number of H-pyrrole nitrogens is 1. The Morgan fingerprint density at radius 2 is 2.05 bits per heavy atom. The van der Waals surface area contributed by atoms with Gasteiger partial charge in [0.1, 0.15) is 29.5 Å². The number of nitrogens with one attached hydrogen (secondary N) is 1. The Morgan fingerprint density at radius 3 is 2.76 bits per heavy atom. The highest BCUT2D eigenvalue weighted by Gasteiger charge is 2.31. The number of nitrogens with zero attached hydrogens (tertiary/aromatic N) is 3. The number of aromatic nitrogens is 2. The molecule has 0 radical (unpaired) electrons. The molecule has 2 aromatic heterocycles. The fraction of sp³-hybridized carbons (Fsp3) is 0.385. The lowest BCUT2D eigenvalue weighted by Crippen LogP contribution is -2.32. The monoisotopic (exact) mass is 534 g/mol. The maximum absolute atomic E-state index is 14.3. The van der Waals surface area contributed by atoms with E-state index in [4.69, 9.17) is 11.6 Å². The highest BCUT2D eigenvalue weighted by atomic mass is 35.5. The molecule has 196 valence electrons. The molecule has 1 saturated carbocycles. The molecular weight excluding hydrogens is 509 g/mol. The molecule has 3 N–H and O–H groups in total. The Kier molecular flexibility index (Phi) is 7.15. The molecule has 3 aromatic rings. The number of ether oxygens (including phenoxy) is 1. The van der Waals surface area contributed by atoms with E-state index < -0.39 is 24.4 Å². The molecule has 2 atom stereocenters. The lowest BCUT2D eigenvalue weighted by molar-refractivity contribution is -0.498. The van der Waals surface area contributed by atoms with Gasteiger partial charge in [-0.25, -0.2) is 9.37 Å².